The van der Waals surface area contributed by atoms with E-state index in [9.17, 15) is 4.39 Å². The van der Waals surface area contributed by atoms with Crippen molar-refractivity contribution >= 4 is 34.0 Å². The van der Waals surface area contributed by atoms with E-state index >= 15 is 0 Å². The molecule has 0 aliphatic carbocycles. The fourth-order valence-corrected chi connectivity index (χ4v) is 1.96. The highest BCUT2D eigenvalue weighted by atomic mass is 35.5. The van der Waals surface area contributed by atoms with Crippen molar-refractivity contribution in [1.29, 1.82) is 0 Å². The van der Waals surface area contributed by atoms with Crippen molar-refractivity contribution in [2.75, 3.05) is 7.11 Å². The van der Waals surface area contributed by atoms with Gasteiger partial charge in [-0.25, -0.2) is 4.39 Å². The molecule has 0 saturated carbocycles. The molecule has 2 aromatic carbocycles. The van der Waals surface area contributed by atoms with Crippen LogP contribution in [0.3, 0.4) is 0 Å². The van der Waals surface area contributed by atoms with Crippen LogP contribution < -0.4 is 4.74 Å². The molecule has 0 aliphatic heterocycles. The van der Waals surface area contributed by atoms with Gasteiger partial charge in [-0.2, -0.15) is 0 Å². The van der Waals surface area contributed by atoms with Crippen LogP contribution in [0.5, 0.6) is 5.75 Å². The normalized spacial score (nSPS) is 10.7. The summed E-state index contributed by atoms with van der Waals surface area (Å²) >= 11 is 11.8. The Labute approximate surface area is 96.4 Å². The minimum absolute atomic E-state index is 0.0476. The van der Waals surface area contributed by atoms with Gasteiger partial charge in [0.05, 0.1) is 12.1 Å². The summed E-state index contributed by atoms with van der Waals surface area (Å²) in [6.07, 6.45) is 0. The van der Waals surface area contributed by atoms with E-state index in [0.29, 0.717) is 15.8 Å². The third kappa shape index (κ3) is 1.75. The molecular weight excluding hydrogens is 238 g/mol. The summed E-state index contributed by atoms with van der Waals surface area (Å²) in [5.41, 5.74) is 0. The maximum Gasteiger partial charge on any atom is 0.173 e. The van der Waals surface area contributed by atoms with Crippen molar-refractivity contribution in [2.45, 2.75) is 0 Å². The van der Waals surface area contributed by atoms with E-state index in [1.54, 1.807) is 18.2 Å². The minimum atomic E-state index is -0.475. The number of halogens is 3. The first-order valence-corrected chi connectivity index (χ1v) is 5.00. The van der Waals surface area contributed by atoms with Gasteiger partial charge in [0.1, 0.15) is 0 Å². The molecule has 0 atom stereocenters. The van der Waals surface area contributed by atoms with Crippen LogP contribution in [-0.4, -0.2) is 7.11 Å². The highest BCUT2D eigenvalue weighted by Crippen LogP contribution is 2.36. The fourth-order valence-electron chi connectivity index (χ4n) is 1.46. The van der Waals surface area contributed by atoms with E-state index in [2.05, 4.69) is 0 Å². The van der Waals surface area contributed by atoms with Gasteiger partial charge in [-0.05, 0) is 23.6 Å². The number of rotatable bonds is 1. The van der Waals surface area contributed by atoms with E-state index in [0.717, 1.165) is 0 Å². The molecule has 0 heterocycles. The largest absolute Gasteiger partial charge is 0.492 e. The lowest BCUT2D eigenvalue weighted by molar-refractivity contribution is 0.388. The summed E-state index contributed by atoms with van der Waals surface area (Å²) in [5, 5.41) is 2.18. The third-order valence-corrected chi connectivity index (χ3v) is 2.76. The standard InChI is InChI=1S/C11H7Cl2FO/c1-15-11-9(14)4-6-2-3-7(12)5-8(6)10(11)13/h2-5H,1H3. The maximum atomic E-state index is 13.4. The lowest BCUT2D eigenvalue weighted by atomic mass is 10.1. The average Bonchev–Trinajstić information content (AvgIpc) is 2.20. The zero-order valence-electron chi connectivity index (χ0n) is 7.85. The van der Waals surface area contributed by atoms with Gasteiger partial charge in [-0.3, -0.25) is 0 Å². The second-order valence-electron chi connectivity index (χ2n) is 3.07. The maximum absolute atomic E-state index is 13.4. The summed E-state index contributed by atoms with van der Waals surface area (Å²) < 4.78 is 18.3. The van der Waals surface area contributed by atoms with Gasteiger partial charge >= 0.3 is 0 Å². The van der Waals surface area contributed by atoms with Crippen LogP contribution in [0.4, 0.5) is 4.39 Å². The zero-order chi connectivity index (χ0) is 11.0. The molecule has 0 unspecified atom stereocenters. The summed E-state index contributed by atoms with van der Waals surface area (Å²) in [6, 6.07) is 6.45. The third-order valence-electron chi connectivity index (χ3n) is 2.15. The van der Waals surface area contributed by atoms with Gasteiger partial charge < -0.3 is 4.74 Å². The minimum Gasteiger partial charge on any atom is -0.492 e. The molecule has 0 aliphatic rings. The molecule has 4 heteroatoms. The Balaban J connectivity index is 2.86. The Morgan fingerprint density at radius 2 is 1.93 bits per heavy atom. The molecule has 0 spiro atoms. The molecule has 0 radical (unpaired) electrons. The predicted octanol–water partition coefficient (Wildman–Crippen LogP) is 4.29. The molecule has 0 saturated heterocycles. The van der Waals surface area contributed by atoms with Gasteiger partial charge in [0, 0.05) is 10.4 Å². The molecular formula is C11H7Cl2FO. The molecule has 78 valence electrons. The van der Waals surface area contributed by atoms with Crippen molar-refractivity contribution in [3.63, 3.8) is 0 Å². The molecule has 0 N–H and O–H groups in total. The van der Waals surface area contributed by atoms with Crippen molar-refractivity contribution in [3.8, 4) is 5.75 Å². The van der Waals surface area contributed by atoms with Gasteiger partial charge in [0.15, 0.2) is 11.6 Å². The van der Waals surface area contributed by atoms with Crippen LogP contribution in [0.2, 0.25) is 10.0 Å². The first-order valence-electron chi connectivity index (χ1n) is 4.24. The molecule has 0 amide bonds. The first-order chi connectivity index (χ1) is 7.13. The summed E-state index contributed by atoms with van der Waals surface area (Å²) in [4.78, 5) is 0. The van der Waals surface area contributed by atoms with Crippen LogP contribution >= 0.6 is 23.2 Å². The van der Waals surface area contributed by atoms with E-state index in [-0.39, 0.29) is 10.8 Å². The van der Waals surface area contributed by atoms with E-state index in [1.807, 2.05) is 0 Å². The molecule has 15 heavy (non-hydrogen) atoms. The van der Waals surface area contributed by atoms with Crippen LogP contribution in [0.25, 0.3) is 10.8 Å². The summed E-state index contributed by atoms with van der Waals surface area (Å²) in [5.74, 6) is -0.427. The highest BCUT2D eigenvalue weighted by Gasteiger charge is 2.12. The number of hydrogen-bond donors (Lipinski definition) is 0. The topological polar surface area (TPSA) is 9.23 Å². The fraction of sp³-hybridized carbons (Fsp3) is 0.0909. The van der Waals surface area contributed by atoms with Crippen molar-refractivity contribution in [3.05, 3.63) is 40.1 Å². The van der Waals surface area contributed by atoms with Gasteiger partial charge in [0.2, 0.25) is 0 Å². The first kappa shape index (κ1) is 10.5. The second kappa shape index (κ2) is 3.87. The van der Waals surface area contributed by atoms with E-state index < -0.39 is 5.82 Å². The molecule has 0 aromatic heterocycles. The lowest BCUT2D eigenvalue weighted by Crippen LogP contribution is -1.90. The monoisotopic (exact) mass is 244 g/mol. The Bertz CT molecular complexity index is 525. The van der Waals surface area contributed by atoms with Gasteiger partial charge in [-0.15, -0.1) is 0 Å². The van der Waals surface area contributed by atoms with Crippen LogP contribution in [-0.2, 0) is 0 Å². The van der Waals surface area contributed by atoms with Gasteiger partial charge in [0.25, 0.3) is 0 Å². The van der Waals surface area contributed by atoms with Crippen molar-refractivity contribution in [1.82, 2.24) is 0 Å². The predicted molar refractivity (Wildman–Crippen MR) is 60.5 cm³/mol. The molecule has 0 fully saturated rings. The Kier molecular flexibility index (Phi) is 2.72. The SMILES string of the molecule is COc1c(F)cc2ccc(Cl)cc2c1Cl. The molecule has 1 nitrogen and oxygen atoms in total. The van der Waals surface area contributed by atoms with Crippen LogP contribution in [0, 0.1) is 5.82 Å². The summed E-state index contributed by atoms with van der Waals surface area (Å²) in [7, 11) is 1.38. The Morgan fingerprint density at radius 1 is 1.20 bits per heavy atom. The smallest absolute Gasteiger partial charge is 0.173 e. The quantitative estimate of drug-likeness (QED) is 0.727. The second-order valence-corrected chi connectivity index (χ2v) is 3.89. The zero-order valence-corrected chi connectivity index (χ0v) is 9.36. The molecule has 2 aromatic rings. The number of benzene rings is 2. The number of hydrogen-bond acceptors (Lipinski definition) is 1. The Morgan fingerprint density at radius 3 is 2.60 bits per heavy atom. The van der Waals surface area contributed by atoms with Crippen molar-refractivity contribution < 1.29 is 9.13 Å². The van der Waals surface area contributed by atoms with E-state index in [4.69, 9.17) is 27.9 Å². The van der Waals surface area contributed by atoms with Crippen LogP contribution in [0.15, 0.2) is 24.3 Å². The lowest BCUT2D eigenvalue weighted by Gasteiger charge is -2.08. The average molecular weight is 245 g/mol. The van der Waals surface area contributed by atoms with Crippen LogP contribution in [0.1, 0.15) is 0 Å². The number of methoxy groups -OCH3 is 1. The molecule has 2 rings (SSSR count). The van der Waals surface area contributed by atoms with E-state index in [1.165, 1.54) is 13.2 Å². The highest BCUT2D eigenvalue weighted by molar-refractivity contribution is 6.38. The molecule has 0 bridgehead atoms. The number of fused-ring (bicyclic) bond motifs is 1. The van der Waals surface area contributed by atoms with Gasteiger partial charge in [-0.1, -0.05) is 29.3 Å². The van der Waals surface area contributed by atoms with Crippen molar-refractivity contribution in [2.24, 2.45) is 0 Å². The Hall–Kier alpha value is -0.990. The number of ether oxygens (including phenoxy) is 1. The summed E-state index contributed by atoms with van der Waals surface area (Å²) in [6.45, 7) is 0.